The third-order valence-corrected chi connectivity index (χ3v) is 2.63. The van der Waals surface area contributed by atoms with Crippen molar-refractivity contribution in [1.82, 2.24) is 5.43 Å². The summed E-state index contributed by atoms with van der Waals surface area (Å²) in [5.74, 6) is -2.79. The maximum Gasteiger partial charge on any atom is 0.329 e. The molecule has 0 spiro atoms. The average molecular weight is 301 g/mol. The van der Waals surface area contributed by atoms with Gasteiger partial charge in [-0.25, -0.2) is 9.82 Å². The van der Waals surface area contributed by atoms with E-state index in [-0.39, 0.29) is 11.4 Å². The van der Waals surface area contributed by atoms with E-state index in [0.29, 0.717) is 5.56 Å². The van der Waals surface area contributed by atoms with Gasteiger partial charge in [-0.15, -0.1) is 0 Å². The number of hydrogen-bond donors (Lipinski definition) is 3. The van der Waals surface area contributed by atoms with Crippen LogP contribution < -0.4 is 10.7 Å². The molecule has 2 amide bonds. The Kier molecular flexibility index (Phi) is 4.81. The molecule has 0 aliphatic rings. The van der Waals surface area contributed by atoms with Gasteiger partial charge in [-0.3, -0.25) is 9.59 Å². The third kappa shape index (κ3) is 3.89. The van der Waals surface area contributed by atoms with Gasteiger partial charge in [-0.2, -0.15) is 5.10 Å². The molecule has 2 rings (SSSR count). The number of amides is 2. The SMILES string of the molecule is O=C(N/N=C/c1ccccc1O)C(=O)Nc1ccccc1F. The Morgan fingerprint density at radius 3 is 2.45 bits per heavy atom. The molecule has 0 saturated carbocycles. The van der Waals surface area contributed by atoms with Crippen LogP contribution in [0.3, 0.4) is 0 Å². The zero-order valence-electron chi connectivity index (χ0n) is 11.3. The fourth-order valence-electron chi connectivity index (χ4n) is 1.55. The Labute approximate surface area is 125 Å². The van der Waals surface area contributed by atoms with Crippen molar-refractivity contribution >= 4 is 23.7 Å². The summed E-state index contributed by atoms with van der Waals surface area (Å²) in [6.45, 7) is 0. The minimum Gasteiger partial charge on any atom is -0.507 e. The van der Waals surface area contributed by atoms with E-state index in [0.717, 1.165) is 6.07 Å². The van der Waals surface area contributed by atoms with Gasteiger partial charge in [0.2, 0.25) is 0 Å². The van der Waals surface area contributed by atoms with E-state index in [1.165, 1.54) is 30.5 Å². The number of hydrogen-bond acceptors (Lipinski definition) is 4. The second-order valence-electron chi connectivity index (χ2n) is 4.19. The zero-order chi connectivity index (χ0) is 15.9. The average Bonchev–Trinajstić information content (AvgIpc) is 2.51. The molecule has 0 fully saturated rings. The van der Waals surface area contributed by atoms with E-state index in [1.54, 1.807) is 18.2 Å². The van der Waals surface area contributed by atoms with Gasteiger partial charge in [0, 0.05) is 5.56 Å². The maximum absolute atomic E-state index is 13.3. The maximum atomic E-state index is 13.3. The molecule has 22 heavy (non-hydrogen) atoms. The molecule has 0 atom stereocenters. The van der Waals surface area contributed by atoms with Crippen molar-refractivity contribution in [2.24, 2.45) is 5.10 Å². The van der Waals surface area contributed by atoms with E-state index < -0.39 is 17.6 Å². The molecule has 0 bridgehead atoms. The molecule has 2 aromatic carbocycles. The van der Waals surface area contributed by atoms with E-state index >= 15 is 0 Å². The molecular weight excluding hydrogens is 289 g/mol. The fraction of sp³-hybridized carbons (Fsp3) is 0. The topological polar surface area (TPSA) is 90.8 Å². The summed E-state index contributed by atoms with van der Waals surface area (Å²) in [5, 5.41) is 15.2. The van der Waals surface area contributed by atoms with Gasteiger partial charge >= 0.3 is 11.8 Å². The number of phenolic OH excluding ortho intramolecular Hbond substituents is 1. The largest absolute Gasteiger partial charge is 0.507 e. The lowest BCUT2D eigenvalue weighted by atomic mass is 10.2. The smallest absolute Gasteiger partial charge is 0.329 e. The molecule has 0 heterocycles. The number of aromatic hydroxyl groups is 1. The lowest BCUT2D eigenvalue weighted by molar-refractivity contribution is -0.136. The predicted octanol–water partition coefficient (Wildman–Crippen LogP) is 1.62. The molecule has 0 aliphatic carbocycles. The number of hydrazone groups is 1. The van der Waals surface area contributed by atoms with Crippen LogP contribution in [0, 0.1) is 5.82 Å². The number of carbonyl (C=O) groups excluding carboxylic acids is 2. The van der Waals surface area contributed by atoms with E-state index in [1.807, 2.05) is 5.43 Å². The number of benzene rings is 2. The van der Waals surface area contributed by atoms with Gasteiger partial charge < -0.3 is 10.4 Å². The van der Waals surface area contributed by atoms with Crippen molar-refractivity contribution < 1.29 is 19.1 Å². The van der Waals surface area contributed by atoms with Crippen molar-refractivity contribution in [3.05, 3.63) is 59.9 Å². The lowest BCUT2D eigenvalue weighted by Gasteiger charge is -2.04. The van der Waals surface area contributed by atoms with Crippen molar-refractivity contribution in [2.75, 3.05) is 5.32 Å². The van der Waals surface area contributed by atoms with Gasteiger partial charge in [0.15, 0.2) is 0 Å². The first-order chi connectivity index (χ1) is 10.6. The second-order valence-corrected chi connectivity index (χ2v) is 4.19. The number of halogens is 1. The lowest BCUT2D eigenvalue weighted by Crippen LogP contribution is -2.32. The first-order valence-electron chi connectivity index (χ1n) is 6.25. The first kappa shape index (κ1) is 15.2. The van der Waals surface area contributed by atoms with Gasteiger partial charge in [0.05, 0.1) is 11.9 Å². The summed E-state index contributed by atoms with van der Waals surface area (Å²) in [6.07, 6.45) is 1.18. The summed E-state index contributed by atoms with van der Waals surface area (Å²) in [4.78, 5) is 23.1. The summed E-state index contributed by atoms with van der Waals surface area (Å²) in [5.41, 5.74) is 2.25. The Balaban J connectivity index is 1.94. The Hall–Kier alpha value is -3.22. The quantitative estimate of drug-likeness (QED) is 0.457. The molecule has 3 N–H and O–H groups in total. The zero-order valence-corrected chi connectivity index (χ0v) is 11.3. The molecule has 0 aliphatic heterocycles. The Bertz CT molecular complexity index is 731. The third-order valence-electron chi connectivity index (χ3n) is 2.63. The summed E-state index contributed by atoms with van der Waals surface area (Å²) < 4.78 is 13.3. The van der Waals surface area contributed by atoms with Gasteiger partial charge in [0.1, 0.15) is 11.6 Å². The van der Waals surface area contributed by atoms with Crippen molar-refractivity contribution in [1.29, 1.82) is 0 Å². The van der Waals surface area contributed by atoms with Gasteiger partial charge in [-0.1, -0.05) is 24.3 Å². The number of anilines is 1. The molecule has 2 aromatic rings. The Morgan fingerprint density at radius 1 is 1.05 bits per heavy atom. The second kappa shape index (κ2) is 6.98. The van der Waals surface area contributed by atoms with E-state index in [2.05, 4.69) is 10.4 Å². The number of para-hydroxylation sites is 2. The molecule has 0 saturated heterocycles. The van der Waals surface area contributed by atoms with Crippen LogP contribution in [-0.4, -0.2) is 23.1 Å². The number of carbonyl (C=O) groups is 2. The molecule has 6 nitrogen and oxygen atoms in total. The summed E-state index contributed by atoms with van der Waals surface area (Å²) in [7, 11) is 0. The molecule has 0 radical (unpaired) electrons. The minimum absolute atomic E-state index is 0.0173. The van der Waals surface area contributed by atoms with Crippen LogP contribution in [0.1, 0.15) is 5.56 Å². The van der Waals surface area contributed by atoms with Gasteiger partial charge in [-0.05, 0) is 24.3 Å². The standard InChI is InChI=1S/C15H12FN3O3/c16-11-6-2-3-7-12(11)18-14(21)15(22)19-17-9-10-5-1-4-8-13(10)20/h1-9,20H,(H,18,21)(H,19,22)/b17-9+. The molecule has 112 valence electrons. The number of phenols is 1. The van der Waals surface area contributed by atoms with Crippen LogP contribution >= 0.6 is 0 Å². The fourth-order valence-corrected chi connectivity index (χ4v) is 1.55. The molecule has 0 aromatic heterocycles. The van der Waals surface area contributed by atoms with Crippen molar-refractivity contribution in [3.63, 3.8) is 0 Å². The molecular formula is C15H12FN3O3. The predicted molar refractivity (Wildman–Crippen MR) is 78.9 cm³/mol. The van der Waals surface area contributed by atoms with Crippen LogP contribution in [-0.2, 0) is 9.59 Å². The van der Waals surface area contributed by atoms with Crippen LogP contribution in [0.25, 0.3) is 0 Å². The normalized spacial score (nSPS) is 10.4. The molecule has 7 heteroatoms. The Morgan fingerprint density at radius 2 is 1.73 bits per heavy atom. The highest BCUT2D eigenvalue weighted by atomic mass is 19.1. The number of nitrogens with zero attached hydrogens (tertiary/aromatic N) is 1. The highest BCUT2D eigenvalue weighted by Crippen LogP contribution is 2.13. The molecule has 0 unspecified atom stereocenters. The van der Waals surface area contributed by atoms with Crippen LogP contribution in [0.15, 0.2) is 53.6 Å². The van der Waals surface area contributed by atoms with E-state index in [4.69, 9.17) is 0 Å². The monoisotopic (exact) mass is 301 g/mol. The van der Waals surface area contributed by atoms with E-state index in [9.17, 15) is 19.1 Å². The van der Waals surface area contributed by atoms with Crippen molar-refractivity contribution in [3.8, 4) is 5.75 Å². The van der Waals surface area contributed by atoms with Crippen LogP contribution in [0.4, 0.5) is 10.1 Å². The van der Waals surface area contributed by atoms with Crippen LogP contribution in [0.2, 0.25) is 0 Å². The minimum atomic E-state index is -1.06. The summed E-state index contributed by atoms with van der Waals surface area (Å²) >= 11 is 0. The first-order valence-corrected chi connectivity index (χ1v) is 6.25. The number of rotatable bonds is 3. The highest BCUT2D eigenvalue weighted by Gasteiger charge is 2.14. The summed E-state index contributed by atoms with van der Waals surface area (Å²) in [6, 6.07) is 11.8. The number of nitrogens with one attached hydrogen (secondary N) is 2. The van der Waals surface area contributed by atoms with Gasteiger partial charge in [0.25, 0.3) is 0 Å². The highest BCUT2D eigenvalue weighted by molar-refractivity contribution is 6.39. The van der Waals surface area contributed by atoms with Crippen LogP contribution in [0.5, 0.6) is 5.75 Å². The van der Waals surface area contributed by atoms with Crippen molar-refractivity contribution in [2.45, 2.75) is 0 Å².